The van der Waals surface area contributed by atoms with Crippen LogP contribution in [0.15, 0.2) is 58.4 Å². The van der Waals surface area contributed by atoms with Gasteiger partial charge in [0.1, 0.15) is 5.75 Å². The van der Waals surface area contributed by atoms with Crippen LogP contribution in [0.2, 0.25) is 0 Å². The van der Waals surface area contributed by atoms with E-state index in [1.54, 1.807) is 18.2 Å². The number of aromatic hydroxyl groups is 1. The number of aliphatic hydroxyl groups excluding tert-OH is 1. The quantitative estimate of drug-likeness (QED) is 0.680. The number of benzene rings is 1. The summed E-state index contributed by atoms with van der Waals surface area (Å²) in [5.41, 5.74) is 0.511. The van der Waals surface area contributed by atoms with Crippen LogP contribution in [0.25, 0.3) is 0 Å². The van der Waals surface area contributed by atoms with Crippen molar-refractivity contribution in [1.82, 2.24) is 9.80 Å². The second-order valence-electron chi connectivity index (χ2n) is 6.59. The van der Waals surface area contributed by atoms with Gasteiger partial charge < -0.3 is 24.4 Å². The molecule has 1 unspecified atom stereocenters. The minimum absolute atomic E-state index is 0.0184. The number of furan rings is 1. The van der Waals surface area contributed by atoms with Gasteiger partial charge in [-0.15, -0.1) is 0 Å². The molecule has 1 amide bonds. The van der Waals surface area contributed by atoms with E-state index in [2.05, 4.69) is 4.90 Å². The van der Waals surface area contributed by atoms with Crippen molar-refractivity contribution in [2.75, 3.05) is 26.2 Å². The maximum atomic E-state index is 13.0. The first-order valence-electron chi connectivity index (χ1n) is 9.31. The van der Waals surface area contributed by atoms with Crippen molar-refractivity contribution < 1.29 is 24.2 Å². The van der Waals surface area contributed by atoms with Crippen LogP contribution < -0.4 is 0 Å². The lowest BCUT2D eigenvalue weighted by Crippen LogP contribution is -2.38. The minimum Gasteiger partial charge on any atom is -0.508 e. The number of likely N-dealkylation sites (N-methyl/N-ethyl adjacent to an activating group) is 1. The Balaban J connectivity index is 2.01. The highest BCUT2D eigenvalue weighted by molar-refractivity contribution is 6.15. The third-order valence-corrected chi connectivity index (χ3v) is 5.03. The Hall–Kier alpha value is -3.06. The van der Waals surface area contributed by atoms with Crippen LogP contribution in [0, 0.1) is 0 Å². The summed E-state index contributed by atoms with van der Waals surface area (Å²) >= 11 is 0. The molecule has 1 aromatic heterocycles. The Morgan fingerprint density at radius 2 is 1.93 bits per heavy atom. The predicted molar refractivity (Wildman–Crippen MR) is 103 cm³/mol. The molecule has 7 heteroatoms. The number of Topliss-reactive ketones (excluding diaryl/α,β-unsaturated/α-hetero) is 1. The summed E-state index contributed by atoms with van der Waals surface area (Å²) in [7, 11) is 0. The maximum absolute atomic E-state index is 13.0. The first kappa shape index (κ1) is 19.7. The molecule has 2 N–H and O–H groups in total. The normalized spacial score (nSPS) is 17.0. The molecular weight excluding hydrogens is 360 g/mol. The number of aliphatic hydroxyl groups is 1. The molecule has 0 spiro atoms. The number of hydrogen-bond acceptors (Lipinski definition) is 6. The lowest BCUT2D eigenvalue weighted by Gasteiger charge is -2.29. The number of ketones is 1. The van der Waals surface area contributed by atoms with Crippen molar-refractivity contribution in [2.45, 2.75) is 19.9 Å². The van der Waals surface area contributed by atoms with Gasteiger partial charge in [0.25, 0.3) is 5.91 Å². The zero-order valence-electron chi connectivity index (χ0n) is 16.0. The van der Waals surface area contributed by atoms with Crippen LogP contribution in [0.5, 0.6) is 5.75 Å². The van der Waals surface area contributed by atoms with Crippen molar-refractivity contribution in [1.29, 1.82) is 0 Å². The predicted octanol–water partition coefficient (Wildman–Crippen LogP) is 2.91. The smallest absolute Gasteiger partial charge is 0.290 e. The summed E-state index contributed by atoms with van der Waals surface area (Å²) in [6.45, 7) is 6.65. The average Bonchev–Trinajstić information content (AvgIpc) is 3.31. The van der Waals surface area contributed by atoms with Gasteiger partial charge >= 0.3 is 0 Å². The molecule has 148 valence electrons. The van der Waals surface area contributed by atoms with Crippen molar-refractivity contribution in [2.24, 2.45) is 0 Å². The summed E-state index contributed by atoms with van der Waals surface area (Å²) in [5, 5.41) is 20.4. The second-order valence-corrected chi connectivity index (χ2v) is 6.59. The molecule has 0 saturated heterocycles. The van der Waals surface area contributed by atoms with E-state index in [-0.39, 0.29) is 17.1 Å². The van der Waals surface area contributed by atoms with Crippen LogP contribution in [-0.2, 0) is 4.79 Å². The fourth-order valence-electron chi connectivity index (χ4n) is 3.49. The topological polar surface area (TPSA) is 94.2 Å². The zero-order valence-corrected chi connectivity index (χ0v) is 16.0. The van der Waals surface area contributed by atoms with Crippen LogP contribution in [0.1, 0.15) is 36.0 Å². The lowest BCUT2D eigenvalue weighted by atomic mass is 9.95. The largest absolute Gasteiger partial charge is 0.508 e. The summed E-state index contributed by atoms with van der Waals surface area (Å²) in [5.74, 6) is -1.66. The van der Waals surface area contributed by atoms with E-state index in [1.165, 1.54) is 29.4 Å². The molecule has 1 atom stereocenters. The Kier molecular flexibility index (Phi) is 5.84. The molecule has 2 heterocycles. The highest BCUT2D eigenvalue weighted by atomic mass is 16.3. The van der Waals surface area contributed by atoms with E-state index in [0.717, 1.165) is 13.1 Å². The number of phenolic OH excluding ortho intramolecular Hbond substituents is 1. The Bertz CT molecular complexity index is 884. The number of phenols is 1. The Morgan fingerprint density at radius 3 is 2.54 bits per heavy atom. The van der Waals surface area contributed by atoms with Gasteiger partial charge in [-0.25, -0.2) is 0 Å². The number of rotatable bonds is 8. The summed E-state index contributed by atoms with van der Waals surface area (Å²) in [6, 6.07) is 8.63. The van der Waals surface area contributed by atoms with Gasteiger partial charge in [-0.1, -0.05) is 26.0 Å². The van der Waals surface area contributed by atoms with Gasteiger partial charge in [-0.05, 0) is 42.9 Å². The minimum atomic E-state index is -0.798. The molecule has 0 saturated carbocycles. The SMILES string of the molecule is CCN(CC)CCN1C(=O)C(O)=C(C(=O)c2ccco2)C1c1cccc(O)c1. The molecule has 0 aliphatic carbocycles. The van der Waals surface area contributed by atoms with Crippen LogP contribution in [-0.4, -0.2) is 57.9 Å². The number of nitrogens with zero attached hydrogens (tertiary/aromatic N) is 2. The first-order chi connectivity index (χ1) is 13.5. The molecule has 1 aromatic carbocycles. The van der Waals surface area contributed by atoms with Crippen LogP contribution in [0.3, 0.4) is 0 Å². The van der Waals surface area contributed by atoms with Crippen molar-refractivity contribution >= 4 is 11.7 Å². The number of amides is 1. The molecule has 0 radical (unpaired) electrons. The third kappa shape index (κ3) is 3.66. The van der Waals surface area contributed by atoms with Crippen molar-refractivity contribution in [3.63, 3.8) is 0 Å². The molecule has 1 aliphatic heterocycles. The lowest BCUT2D eigenvalue weighted by molar-refractivity contribution is -0.129. The number of carbonyl (C=O) groups is 2. The van der Waals surface area contributed by atoms with E-state index in [4.69, 9.17) is 4.42 Å². The third-order valence-electron chi connectivity index (χ3n) is 5.03. The highest BCUT2D eigenvalue weighted by Crippen LogP contribution is 2.39. The van der Waals surface area contributed by atoms with Gasteiger partial charge in [0.2, 0.25) is 5.78 Å². The summed E-state index contributed by atoms with van der Waals surface area (Å²) in [4.78, 5) is 29.4. The zero-order chi connectivity index (χ0) is 20.3. The molecule has 7 nitrogen and oxygen atoms in total. The highest BCUT2D eigenvalue weighted by Gasteiger charge is 2.44. The van der Waals surface area contributed by atoms with Gasteiger partial charge in [0.15, 0.2) is 11.5 Å². The Morgan fingerprint density at radius 1 is 1.18 bits per heavy atom. The van der Waals surface area contributed by atoms with Crippen LogP contribution in [0.4, 0.5) is 0 Å². The molecule has 0 fully saturated rings. The molecule has 28 heavy (non-hydrogen) atoms. The Labute approximate surface area is 163 Å². The molecule has 0 bridgehead atoms. The summed E-state index contributed by atoms with van der Waals surface area (Å²) in [6.07, 6.45) is 1.36. The fourth-order valence-corrected chi connectivity index (χ4v) is 3.49. The van der Waals surface area contributed by atoms with E-state index in [9.17, 15) is 19.8 Å². The van der Waals surface area contributed by atoms with E-state index in [1.807, 2.05) is 13.8 Å². The van der Waals surface area contributed by atoms with E-state index < -0.39 is 23.5 Å². The van der Waals surface area contributed by atoms with Crippen molar-refractivity contribution in [3.05, 3.63) is 65.3 Å². The van der Waals surface area contributed by atoms with Gasteiger partial charge in [-0.2, -0.15) is 0 Å². The maximum Gasteiger partial charge on any atom is 0.290 e. The van der Waals surface area contributed by atoms with Crippen molar-refractivity contribution in [3.8, 4) is 5.75 Å². The second kappa shape index (κ2) is 8.31. The van der Waals surface area contributed by atoms with Gasteiger partial charge in [0, 0.05) is 13.1 Å². The number of hydrogen-bond donors (Lipinski definition) is 2. The first-order valence-corrected chi connectivity index (χ1v) is 9.31. The monoisotopic (exact) mass is 384 g/mol. The van der Waals surface area contributed by atoms with E-state index in [0.29, 0.717) is 18.7 Å². The van der Waals surface area contributed by atoms with Gasteiger partial charge in [0.05, 0.1) is 17.9 Å². The fraction of sp³-hybridized carbons (Fsp3) is 0.333. The average molecular weight is 384 g/mol. The molecule has 3 rings (SSSR count). The summed E-state index contributed by atoms with van der Waals surface area (Å²) < 4.78 is 5.19. The number of carbonyl (C=O) groups excluding carboxylic acids is 2. The molecular formula is C21H24N2O5. The standard InChI is InChI=1S/C21H24N2O5/c1-3-22(4-2)10-11-23-18(14-7-5-8-15(24)13-14)17(20(26)21(23)27)19(25)16-9-6-12-28-16/h5-9,12-13,18,24,26H,3-4,10-11H2,1-2H3. The molecule has 2 aromatic rings. The van der Waals surface area contributed by atoms with Crippen LogP contribution >= 0.6 is 0 Å². The van der Waals surface area contributed by atoms with Gasteiger partial charge in [-0.3, -0.25) is 9.59 Å². The molecule has 1 aliphatic rings. The van der Waals surface area contributed by atoms with E-state index >= 15 is 0 Å².